The number of furan rings is 1. The Kier molecular flexibility index (Phi) is 5.18. The fraction of sp³-hybridized carbons (Fsp3) is 0.250. The number of aromatic nitrogens is 2. The van der Waals surface area contributed by atoms with Gasteiger partial charge >= 0.3 is 0 Å². The fourth-order valence-corrected chi connectivity index (χ4v) is 3.11. The molecular weight excluding hydrogens is 361 g/mol. The van der Waals surface area contributed by atoms with E-state index in [2.05, 4.69) is 20.2 Å². The zero-order chi connectivity index (χ0) is 19.3. The number of carbonyl (C=O) groups is 1. The van der Waals surface area contributed by atoms with Crippen LogP contribution in [0.25, 0.3) is 0 Å². The zero-order valence-electron chi connectivity index (χ0n) is 15.2. The molecule has 7 nitrogen and oxygen atoms in total. The van der Waals surface area contributed by atoms with Gasteiger partial charge in [0.2, 0.25) is 0 Å². The summed E-state index contributed by atoms with van der Waals surface area (Å²) in [6.45, 7) is 3.10. The Morgan fingerprint density at radius 2 is 1.89 bits per heavy atom. The van der Waals surface area contributed by atoms with Crippen LogP contribution in [-0.2, 0) is 6.54 Å². The van der Waals surface area contributed by atoms with Gasteiger partial charge in [0, 0.05) is 38.8 Å². The van der Waals surface area contributed by atoms with E-state index >= 15 is 0 Å². The van der Waals surface area contributed by atoms with Crippen molar-refractivity contribution >= 4 is 17.5 Å². The molecule has 0 aliphatic carbocycles. The predicted octanol–water partition coefficient (Wildman–Crippen LogP) is 2.78. The van der Waals surface area contributed by atoms with Gasteiger partial charge in [-0.25, -0.2) is 14.4 Å². The summed E-state index contributed by atoms with van der Waals surface area (Å²) in [5, 5.41) is 3.23. The Hall–Kier alpha value is -3.42. The van der Waals surface area contributed by atoms with Gasteiger partial charge in [-0.15, -0.1) is 0 Å². The summed E-state index contributed by atoms with van der Waals surface area (Å²) in [4.78, 5) is 24.9. The first-order valence-corrected chi connectivity index (χ1v) is 9.07. The van der Waals surface area contributed by atoms with Crippen molar-refractivity contribution in [1.82, 2.24) is 14.9 Å². The summed E-state index contributed by atoms with van der Waals surface area (Å²) < 4.78 is 18.2. The standard InChI is InChI=1S/C20H20FN5O2/c21-16-5-3-15(4-6-16)13-22-18-12-19(24-14-23-18)25-7-9-26(10-8-25)20(27)17-2-1-11-28-17/h1-6,11-12,14H,7-10,13H2,(H,22,23,24). The quantitative estimate of drug-likeness (QED) is 0.733. The fourth-order valence-electron chi connectivity index (χ4n) is 3.11. The number of nitrogens with zero attached hydrogens (tertiary/aromatic N) is 4. The van der Waals surface area contributed by atoms with Crippen LogP contribution in [0.2, 0.25) is 0 Å². The highest BCUT2D eigenvalue weighted by molar-refractivity contribution is 5.91. The molecule has 1 amide bonds. The van der Waals surface area contributed by atoms with Gasteiger partial charge in [0.15, 0.2) is 5.76 Å². The lowest BCUT2D eigenvalue weighted by atomic mass is 10.2. The van der Waals surface area contributed by atoms with E-state index in [9.17, 15) is 9.18 Å². The summed E-state index contributed by atoms with van der Waals surface area (Å²) in [5.41, 5.74) is 0.964. The SMILES string of the molecule is O=C(c1ccco1)N1CCN(c2cc(NCc3ccc(F)cc3)ncn2)CC1. The second kappa shape index (κ2) is 8.08. The highest BCUT2D eigenvalue weighted by atomic mass is 19.1. The molecule has 8 heteroatoms. The van der Waals surface area contributed by atoms with Gasteiger partial charge in [-0.1, -0.05) is 12.1 Å². The Morgan fingerprint density at radius 1 is 1.11 bits per heavy atom. The molecule has 1 aromatic carbocycles. The molecule has 0 saturated carbocycles. The smallest absolute Gasteiger partial charge is 0.289 e. The third kappa shape index (κ3) is 4.11. The molecular formula is C20H20FN5O2. The maximum atomic E-state index is 13.0. The van der Waals surface area contributed by atoms with Crippen molar-refractivity contribution in [1.29, 1.82) is 0 Å². The molecule has 0 atom stereocenters. The van der Waals surface area contributed by atoms with Gasteiger partial charge in [0.25, 0.3) is 5.91 Å². The summed E-state index contributed by atoms with van der Waals surface area (Å²) in [7, 11) is 0. The molecule has 4 rings (SSSR count). The van der Waals surface area contributed by atoms with Crippen LogP contribution in [0.1, 0.15) is 16.1 Å². The lowest BCUT2D eigenvalue weighted by molar-refractivity contribution is 0.0714. The summed E-state index contributed by atoms with van der Waals surface area (Å²) in [6.07, 6.45) is 3.02. The Morgan fingerprint density at radius 3 is 2.61 bits per heavy atom. The van der Waals surface area contributed by atoms with Crippen LogP contribution in [0.5, 0.6) is 0 Å². The average molecular weight is 381 g/mol. The van der Waals surface area contributed by atoms with Crippen LogP contribution in [-0.4, -0.2) is 47.0 Å². The van der Waals surface area contributed by atoms with Crippen molar-refractivity contribution in [2.45, 2.75) is 6.54 Å². The molecule has 0 radical (unpaired) electrons. The number of piperazine rings is 1. The Bertz CT molecular complexity index is 922. The largest absolute Gasteiger partial charge is 0.459 e. The van der Waals surface area contributed by atoms with Gasteiger partial charge in [-0.2, -0.15) is 0 Å². The Labute approximate surface area is 161 Å². The normalized spacial score (nSPS) is 14.2. The molecule has 1 N–H and O–H groups in total. The van der Waals surface area contributed by atoms with E-state index < -0.39 is 0 Å². The summed E-state index contributed by atoms with van der Waals surface area (Å²) >= 11 is 0. The van der Waals surface area contributed by atoms with Crippen molar-refractivity contribution in [3.05, 3.63) is 72.2 Å². The highest BCUT2D eigenvalue weighted by Crippen LogP contribution is 2.18. The van der Waals surface area contributed by atoms with Gasteiger partial charge < -0.3 is 19.5 Å². The van der Waals surface area contributed by atoms with Crippen molar-refractivity contribution in [3.63, 3.8) is 0 Å². The number of nitrogens with one attached hydrogen (secondary N) is 1. The molecule has 0 bridgehead atoms. The van der Waals surface area contributed by atoms with E-state index in [0.29, 0.717) is 44.3 Å². The molecule has 1 aliphatic rings. The molecule has 2 aromatic heterocycles. The van der Waals surface area contributed by atoms with E-state index in [-0.39, 0.29) is 11.7 Å². The van der Waals surface area contributed by atoms with Gasteiger partial charge in [-0.05, 0) is 29.8 Å². The summed E-state index contributed by atoms with van der Waals surface area (Å²) in [6, 6.07) is 11.6. The number of anilines is 2. The minimum Gasteiger partial charge on any atom is -0.459 e. The average Bonchev–Trinajstić information content (AvgIpc) is 3.28. The minimum atomic E-state index is -0.252. The van der Waals surface area contributed by atoms with Crippen molar-refractivity contribution in [3.8, 4) is 0 Å². The number of carbonyl (C=O) groups excluding carboxylic acids is 1. The topological polar surface area (TPSA) is 74.5 Å². The lowest BCUT2D eigenvalue weighted by Gasteiger charge is -2.35. The third-order valence-corrected chi connectivity index (χ3v) is 4.66. The molecule has 0 spiro atoms. The van der Waals surface area contributed by atoms with Crippen LogP contribution in [0, 0.1) is 5.82 Å². The lowest BCUT2D eigenvalue weighted by Crippen LogP contribution is -2.49. The predicted molar refractivity (Wildman–Crippen MR) is 103 cm³/mol. The van der Waals surface area contributed by atoms with Crippen LogP contribution < -0.4 is 10.2 Å². The van der Waals surface area contributed by atoms with E-state index in [0.717, 1.165) is 11.4 Å². The number of hydrogen-bond acceptors (Lipinski definition) is 6. The van der Waals surface area contributed by atoms with Crippen molar-refractivity contribution in [2.75, 3.05) is 36.4 Å². The molecule has 0 unspecified atom stereocenters. The molecule has 1 aliphatic heterocycles. The first kappa shape index (κ1) is 18.0. The monoisotopic (exact) mass is 381 g/mol. The number of rotatable bonds is 5. The maximum absolute atomic E-state index is 13.0. The van der Waals surface area contributed by atoms with Gasteiger partial charge in [-0.3, -0.25) is 4.79 Å². The molecule has 144 valence electrons. The zero-order valence-corrected chi connectivity index (χ0v) is 15.2. The van der Waals surface area contributed by atoms with Gasteiger partial charge in [0.1, 0.15) is 23.8 Å². The van der Waals surface area contributed by atoms with E-state index in [1.807, 2.05) is 6.07 Å². The van der Waals surface area contributed by atoms with Crippen LogP contribution in [0.3, 0.4) is 0 Å². The molecule has 1 fully saturated rings. The number of halogens is 1. The molecule has 1 saturated heterocycles. The van der Waals surface area contributed by atoms with E-state index in [1.165, 1.54) is 24.7 Å². The number of hydrogen-bond donors (Lipinski definition) is 1. The van der Waals surface area contributed by atoms with Crippen molar-refractivity contribution < 1.29 is 13.6 Å². The van der Waals surface area contributed by atoms with Crippen LogP contribution >= 0.6 is 0 Å². The molecule has 28 heavy (non-hydrogen) atoms. The van der Waals surface area contributed by atoms with E-state index in [4.69, 9.17) is 4.42 Å². The first-order valence-electron chi connectivity index (χ1n) is 9.07. The van der Waals surface area contributed by atoms with Crippen LogP contribution in [0.4, 0.5) is 16.0 Å². The van der Waals surface area contributed by atoms with E-state index in [1.54, 1.807) is 29.2 Å². The van der Waals surface area contributed by atoms with Gasteiger partial charge in [0.05, 0.1) is 6.26 Å². The minimum absolute atomic E-state index is 0.0889. The van der Waals surface area contributed by atoms with Crippen molar-refractivity contribution in [2.24, 2.45) is 0 Å². The highest BCUT2D eigenvalue weighted by Gasteiger charge is 2.24. The summed E-state index contributed by atoms with van der Waals surface area (Å²) in [5.74, 6) is 1.53. The number of amides is 1. The maximum Gasteiger partial charge on any atom is 0.289 e. The second-order valence-electron chi connectivity index (χ2n) is 6.50. The molecule has 3 heterocycles. The Balaban J connectivity index is 1.34. The first-order chi connectivity index (χ1) is 13.7. The second-order valence-corrected chi connectivity index (χ2v) is 6.50. The molecule has 3 aromatic rings. The third-order valence-electron chi connectivity index (χ3n) is 4.66. The van der Waals surface area contributed by atoms with Crippen LogP contribution in [0.15, 0.2) is 59.5 Å². The number of benzene rings is 1.